The van der Waals surface area contributed by atoms with Crippen LogP contribution in [0.1, 0.15) is 112 Å². The van der Waals surface area contributed by atoms with Gasteiger partial charge in [0.05, 0.1) is 18.8 Å². The molecule has 5 nitrogen and oxygen atoms in total. The lowest BCUT2D eigenvalue weighted by Crippen LogP contribution is -3.08. The van der Waals surface area contributed by atoms with Crippen LogP contribution in [0.3, 0.4) is 0 Å². The van der Waals surface area contributed by atoms with Crippen molar-refractivity contribution in [3.63, 3.8) is 0 Å². The first-order valence-electron chi connectivity index (χ1n) is 15.8. The monoisotopic (exact) mass is 517 g/mol. The van der Waals surface area contributed by atoms with Crippen molar-refractivity contribution in [2.75, 3.05) is 19.7 Å². The number of rotatable bonds is 11. The molecule has 1 aliphatic heterocycles. The topological polar surface area (TPSA) is 66.3 Å². The molecule has 0 aromatic carbocycles. The van der Waals surface area contributed by atoms with Gasteiger partial charge in [0.2, 0.25) is 0 Å². The minimum atomic E-state index is -0.0546. The Labute approximate surface area is 226 Å². The molecule has 5 aliphatic rings. The van der Waals surface area contributed by atoms with Gasteiger partial charge in [-0.1, -0.05) is 53.9 Å². The van der Waals surface area contributed by atoms with Crippen molar-refractivity contribution in [1.29, 1.82) is 0 Å². The number of quaternary nitrogens is 1. The summed E-state index contributed by atoms with van der Waals surface area (Å²) >= 11 is 0. The fourth-order valence-corrected chi connectivity index (χ4v) is 10.5. The highest BCUT2D eigenvalue weighted by Crippen LogP contribution is 2.74. The van der Waals surface area contributed by atoms with Crippen LogP contribution in [0.2, 0.25) is 0 Å². The third kappa shape index (κ3) is 4.98. The first kappa shape index (κ1) is 28.1. The lowest BCUT2D eigenvalue weighted by Gasteiger charge is -2.59. The number of epoxide rings is 1. The molecular formula is C32H55NO4. The van der Waals surface area contributed by atoms with Crippen molar-refractivity contribution < 1.29 is 19.3 Å². The van der Waals surface area contributed by atoms with Crippen LogP contribution in [0.15, 0.2) is 0 Å². The van der Waals surface area contributed by atoms with E-state index < -0.39 is 0 Å². The average Bonchev–Trinajstić information content (AvgIpc) is 3.39. The third-order valence-corrected chi connectivity index (χ3v) is 12.4. The van der Waals surface area contributed by atoms with E-state index in [4.69, 9.17) is 9.47 Å². The van der Waals surface area contributed by atoms with E-state index in [9.17, 15) is 10.0 Å². The highest BCUT2D eigenvalue weighted by molar-refractivity contribution is 5.76. The molecule has 1 heterocycles. The first-order valence-corrected chi connectivity index (χ1v) is 15.8. The maximum atomic E-state index is 11.9. The van der Waals surface area contributed by atoms with Crippen molar-refractivity contribution >= 4 is 5.78 Å². The molecule has 212 valence electrons. The van der Waals surface area contributed by atoms with Gasteiger partial charge in [-0.25, -0.2) is 0 Å². The van der Waals surface area contributed by atoms with E-state index >= 15 is 0 Å². The number of nitrogens with one attached hydrogen (secondary N) is 1. The van der Waals surface area contributed by atoms with Gasteiger partial charge in [-0.3, -0.25) is 4.79 Å². The van der Waals surface area contributed by atoms with Crippen molar-refractivity contribution in [2.24, 2.45) is 46.3 Å². The van der Waals surface area contributed by atoms with E-state index in [0.29, 0.717) is 24.7 Å². The Kier molecular flexibility index (Phi) is 7.95. The molecule has 1 spiro atoms. The van der Waals surface area contributed by atoms with E-state index in [1.54, 1.807) is 0 Å². The molecule has 0 aromatic heterocycles. The summed E-state index contributed by atoms with van der Waals surface area (Å²) in [5.41, 5.74) is 0.805. The lowest BCUT2D eigenvalue weighted by molar-refractivity contribution is -0.839. The molecule has 0 aromatic rings. The van der Waals surface area contributed by atoms with Gasteiger partial charge < -0.3 is 19.7 Å². The fraction of sp³-hybridized carbons (Fsp3) is 0.969. The number of hydrogen-bond donors (Lipinski definition) is 1. The largest absolute Gasteiger partial charge is 0.634 e. The summed E-state index contributed by atoms with van der Waals surface area (Å²) in [6, 6.07) is 0. The number of fused-ring (bicyclic) bond motifs is 4. The highest BCUT2D eigenvalue weighted by atomic mass is 16.6. The molecule has 6 unspecified atom stereocenters. The van der Waals surface area contributed by atoms with Crippen LogP contribution in [-0.2, 0) is 14.3 Å². The Hall–Kier alpha value is -0.490. The molecule has 37 heavy (non-hydrogen) atoms. The SMILES string of the molecule is CC(=O)C[NH+]([O-])CCO[C@H]1CC[C@]2(C)C3CC[C@@]4(C)C(CC[C@@H]4[C@H](C)CCCC(C)C)C3CC3OC32C1. The quantitative estimate of drug-likeness (QED) is 0.286. The van der Waals surface area contributed by atoms with Crippen molar-refractivity contribution in [1.82, 2.24) is 0 Å². The van der Waals surface area contributed by atoms with E-state index in [0.717, 1.165) is 48.3 Å². The van der Waals surface area contributed by atoms with Gasteiger partial charge in [0.25, 0.3) is 0 Å². The summed E-state index contributed by atoms with van der Waals surface area (Å²) in [4.78, 5) is 11.2. The molecule has 5 rings (SSSR count). The molecule has 11 atom stereocenters. The Morgan fingerprint density at radius 3 is 2.59 bits per heavy atom. The predicted molar refractivity (Wildman–Crippen MR) is 147 cm³/mol. The van der Waals surface area contributed by atoms with Crippen molar-refractivity contribution in [3.05, 3.63) is 5.21 Å². The fourth-order valence-electron chi connectivity index (χ4n) is 10.5. The summed E-state index contributed by atoms with van der Waals surface area (Å²) in [5, 5.41) is 11.9. The maximum Gasteiger partial charge on any atom is 0.184 e. The van der Waals surface area contributed by atoms with Gasteiger partial charge in [0.15, 0.2) is 5.78 Å². The predicted octanol–water partition coefficient (Wildman–Crippen LogP) is 5.60. The van der Waals surface area contributed by atoms with Crippen LogP contribution in [0.25, 0.3) is 0 Å². The van der Waals surface area contributed by atoms with E-state index in [1.807, 2.05) is 0 Å². The average molecular weight is 518 g/mol. The molecule has 0 bridgehead atoms. The van der Waals surface area contributed by atoms with Gasteiger partial charge in [-0.2, -0.15) is 0 Å². The number of hydroxylamine groups is 2. The molecule has 1 saturated heterocycles. The normalized spacial score (nSPS) is 45.9. The Bertz CT molecular complexity index is 832. The number of hydrogen-bond acceptors (Lipinski definition) is 4. The van der Waals surface area contributed by atoms with E-state index in [2.05, 4.69) is 34.6 Å². The zero-order chi connectivity index (χ0) is 26.6. The Morgan fingerprint density at radius 1 is 1.08 bits per heavy atom. The standard InChI is InChI=1S/C32H55NO4/c1-21(2)8-7-9-22(3)26-10-11-27-25-18-29-32(37-29)19-24(36-17-16-33(35)20-23(4)34)12-15-31(32,6)28(25)13-14-30(26,27)5/h21-22,24-29,33H,7-20H2,1-6H3/t22-,24+,25?,26-,27?,28?,29?,30-,31-,32?/m1/s1. The van der Waals surface area contributed by atoms with Gasteiger partial charge in [-0.15, -0.1) is 0 Å². The lowest BCUT2D eigenvalue weighted by atomic mass is 9.44. The number of ether oxygens (including phenoxy) is 2. The Morgan fingerprint density at radius 2 is 1.86 bits per heavy atom. The second-order valence-electron chi connectivity index (χ2n) is 15.0. The molecule has 5 fully saturated rings. The number of carbonyl (C=O) groups excluding carboxylic acids is 1. The van der Waals surface area contributed by atoms with Crippen LogP contribution in [0.4, 0.5) is 0 Å². The van der Waals surface area contributed by atoms with Crippen LogP contribution in [0.5, 0.6) is 0 Å². The molecule has 0 radical (unpaired) electrons. The van der Waals surface area contributed by atoms with Crippen molar-refractivity contribution in [2.45, 2.75) is 130 Å². The van der Waals surface area contributed by atoms with Gasteiger partial charge >= 0.3 is 0 Å². The summed E-state index contributed by atoms with van der Waals surface area (Å²) in [5.74, 6) is 5.03. The third-order valence-electron chi connectivity index (χ3n) is 12.4. The highest BCUT2D eigenvalue weighted by Gasteiger charge is 2.76. The molecular weight excluding hydrogens is 462 g/mol. The second kappa shape index (κ2) is 10.5. The molecule has 4 aliphatic carbocycles. The van der Waals surface area contributed by atoms with Crippen molar-refractivity contribution in [3.8, 4) is 0 Å². The van der Waals surface area contributed by atoms with Crippen LogP contribution in [0, 0.1) is 51.5 Å². The van der Waals surface area contributed by atoms with E-state index in [-0.39, 0.29) is 34.5 Å². The summed E-state index contributed by atoms with van der Waals surface area (Å²) in [6.07, 6.45) is 15.0. The van der Waals surface area contributed by atoms with Gasteiger partial charge in [0.1, 0.15) is 18.7 Å². The maximum absolute atomic E-state index is 11.9. The smallest absolute Gasteiger partial charge is 0.184 e. The minimum absolute atomic E-state index is 0.00160. The number of ketones is 1. The summed E-state index contributed by atoms with van der Waals surface area (Å²) in [6.45, 7) is 14.9. The minimum Gasteiger partial charge on any atom is -0.634 e. The molecule has 5 heteroatoms. The molecule has 0 amide bonds. The summed E-state index contributed by atoms with van der Waals surface area (Å²) < 4.78 is 12.9. The second-order valence-corrected chi connectivity index (χ2v) is 15.0. The molecule has 4 saturated carbocycles. The first-order chi connectivity index (χ1) is 17.5. The van der Waals surface area contributed by atoms with Crippen LogP contribution in [-0.4, -0.2) is 43.3 Å². The van der Waals surface area contributed by atoms with E-state index in [1.165, 1.54) is 64.7 Å². The van der Waals surface area contributed by atoms with Gasteiger partial charge in [-0.05, 0) is 85.9 Å². The Balaban J connectivity index is 1.20. The molecule has 1 N–H and O–H groups in total. The number of carbonyl (C=O) groups is 1. The van der Waals surface area contributed by atoms with Crippen LogP contribution >= 0.6 is 0 Å². The zero-order valence-corrected chi connectivity index (χ0v) is 24.7. The summed E-state index contributed by atoms with van der Waals surface area (Å²) in [7, 11) is 0. The van der Waals surface area contributed by atoms with Crippen LogP contribution < -0.4 is 5.06 Å². The zero-order valence-electron chi connectivity index (χ0n) is 24.7. The number of Topliss-reactive ketones (excluding diaryl/α,β-unsaturated/α-hetero) is 1. The van der Waals surface area contributed by atoms with Gasteiger partial charge in [0, 0.05) is 18.8 Å².